The van der Waals surface area contributed by atoms with E-state index in [1.54, 1.807) is 25.5 Å². The van der Waals surface area contributed by atoms with Gasteiger partial charge in [0.25, 0.3) is 0 Å². The summed E-state index contributed by atoms with van der Waals surface area (Å²) in [6.07, 6.45) is 5.23. The van der Waals surface area contributed by atoms with Gasteiger partial charge >= 0.3 is 0 Å². The summed E-state index contributed by atoms with van der Waals surface area (Å²) in [5.41, 5.74) is 2.41. The average Bonchev–Trinajstić information content (AvgIpc) is 2.87. The van der Waals surface area contributed by atoms with E-state index in [1.165, 1.54) is 12.1 Å². The van der Waals surface area contributed by atoms with Crippen molar-refractivity contribution in [3.05, 3.63) is 66.5 Å². The zero-order chi connectivity index (χ0) is 23.5. The third-order valence-electron chi connectivity index (χ3n) is 5.93. The molecule has 0 saturated carbocycles. The number of halogens is 2. The van der Waals surface area contributed by atoms with Gasteiger partial charge in [0.1, 0.15) is 28.7 Å². The van der Waals surface area contributed by atoms with Gasteiger partial charge in [0.05, 0.1) is 6.61 Å². The number of pyridine rings is 1. The predicted octanol–water partition coefficient (Wildman–Crippen LogP) is 5.48. The van der Waals surface area contributed by atoms with E-state index >= 15 is 0 Å². The Bertz CT molecular complexity index is 1290. The third kappa shape index (κ3) is 4.68. The van der Waals surface area contributed by atoms with Crippen LogP contribution < -0.4 is 10.1 Å². The molecular weight excluding hydrogens is 438 g/mol. The second kappa shape index (κ2) is 9.69. The Morgan fingerprint density at radius 1 is 1.00 bits per heavy atom. The van der Waals surface area contributed by atoms with Gasteiger partial charge in [-0.3, -0.25) is 4.98 Å². The molecule has 0 unspecified atom stereocenters. The Kier molecular flexibility index (Phi) is 6.31. The number of anilines is 1. The second-order valence-corrected chi connectivity index (χ2v) is 8.28. The fourth-order valence-corrected chi connectivity index (χ4v) is 4.13. The molecular formula is C26H24F2N4O2. The lowest BCUT2D eigenvalue weighted by Gasteiger charge is -2.23. The lowest BCUT2D eigenvalue weighted by atomic mass is 10.0. The maximum absolute atomic E-state index is 14.0. The smallest absolute Gasteiger partial charge is 0.163 e. The zero-order valence-electron chi connectivity index (χ0n) is 18.7. The number of nitrogens with one attached hydrogen (secondary N) is 1. The molecule has 1 N–H and O–H groups in total. The first-order valence-corrected chi connectivity index (χ1v) is 11.2. The van der Waals surface area contributed by atoms with Crippen LogP contribution in [0.4, 0.5) is 14.6 Å². The van der Waals surface area contributed by atoms with Crippen molar-refractivity contribution in [1.82, 2.24) is 15.0 Å². The highest BCUT2D eigenvalue weighted by Crippen LogP contribution is 2.36. The van der Waals surface area contributed by atoms with Crippen molar-refractivity contribution in [2.75, 3.05) is 32.2 Å². The topological polar surface area (TPSA) is 69.2 Å². The monoisotopic (exact) mass is 462 g/mol. The van der Waals surface area contributed by atoms with Crippen LogP contribution in [0.25, 0.3) is 33.4 Å². The van der Waals surface area contributed by atoms with Crippen molar-refractivity contribution < 1.29 is 18.3 Å². The average molecular weight is 463 g/mol. The van der Waals surface area contributed by atoms with Crippen LogP contribution in [0.3, 0.4) is 0 Å². The predicted molar refractivity (Wildman–Crippen MR) is 127 cm³/mol. The Morgan fingerprint density at radius 2 is 1.76 bits per heavy atom. The summed E-state index contributed by atoms with van der Waals surface area (Å²) in [6, 6.07) is 10.8. The van der Waals surface area contributed by atoms with E-state index < -0.39 is 11.6 Å². The molecule has 174 valence electrons. The number of hydrogen-bond donors (Lipinski definition) is 1. The highest BCUT2D eigenvalue weighted by atomic mass is 19.1. The van der Waals surface area contributed by atoms with Crippen LogP contribution in [0.1, 0.15) is 12.8 Å². The molecule has 0 bridgehead atoms. The summed E-state index contributed by atoms with van der Waals surface area (Å²) >= 11 is 0. The van der Waals surface area contributed by atoms with Crippen LogP contribution in [-0.4, -0.2) is 41.8 Å². The molecule has 5 rings (SSSR count). The number of ether oxygens (including phenoxy) is 2. The number of fused-ring (bicyclic) bond motifs is 1. The molecule has 0 aliphatic carbocycles. The van der Waals surface area contributed by atoms with Gasteiger partial charge in [-0.15, -0.1) is 0 Å². The number of aromatic nitrogens is 3. The summed E-state index contributed by atoms with van der Waals surface area (Å²) < 4.78 is 39.7. The standard InChI is InChI=1S/C26H24F2N4O2/c1-29-26-22-11-19(18-9-20(27)13-21(28)10-18)12-23(34-15-16-4-7-33-8-5-16)24(22)31-25(32-26)17-3-2-6-30-14-17/h2-3,6,9-14,16H,4-5,7-8,15H2,1H3,(H,29,31,32). The van der Waals surface area contributed by atoms with E-state index in [4.69, 9.17) is 14.5 Å². The van der Waals surface area contributed by atoms with E-state index in [9.17, 15) is 8.78 Å². The normalized spacial score (nSPS) is 14.3. The van der Waals surface area contributed by atoms with Gasteiger partial charge in [0.15, 0.2) is 5.82 Å². The number of benzene rings is 2. The molecule has 3 heterocycles. The van der Waals surface area contributed by atoms with E-state index in [2.05, 4.69) is 15.3 Å². The maximum atomic E-state index is 14.0. The first-order valence-electron chi connectivity index (χ1n) is 11.2. The van der Waals surface area contributed by atoms with E-state index in [1.807, 2.05) is 18.2 Å². The molecule has 8 heteroatoms. The minimum atomic E-state index is -0.642. The molecule has 1 aliphatic rings. The molecule has 0 amide bonds. The van der Waals surface area contributed by atoms with E-state index in [0.29, 0.717) is 65.2 Å². The Hall–Kier alpha value is -3.65. The Balaban J connectivity index is 1.66. The molecule has 4 aromatic rings. The van der Waals surface area contributed by atoms with Crippen LogP contribution in [0, 0.1) is 17.6 Å². The van der Waals surface area contributed by atoms with Crippen LogP contribution in [0.2, 0.25) is 0 Å². The fraction of sp³-hybridized carbons (Fsp3) is 0.269. The van der Waals surface area contributed by atoms with E-state index in [-0.39, 0.29) is 0 Å². The van der Waals surface area contributed by atoms with Crippen molar-refractivity contribution >= 4 is 16.7 Å². The summed E-state index contributed by atoms with van der Waals surface area (Å²) in [5.74, 6) is 0.702. The molecule has 0 radical (unpaired) electrons. The molecule has 1 saturated heterocycles. The molecule has 2 aromatic carbocycles. The van der Waals surface area contributed by atoms with Gasteiger partial charge in [-0.25, -0.2) is 18.7 Å². The first-order chi connectivity index (χ1) is 16.6. The van der Waals surface area contributed by atoms with Gasteiger partial charge in [-0.2, -0.15) is 0 Å². The molecule has 6 nitrogen and oxygen atoms in total. The highest BCUT2D eigenvalue weighted by molar-refractivity contribution is 5.97. The molecule has 1 fully saturated rings. The minimum Gasteiger partial charge on any atom is -0.491 e. The van der Waals surface area contributed by atoms with Crippen molar-refractivity contribution in [3.8, 4) is 28.3 Å². The molecule has 0 atom stereocenters. The summed E-state index contributed by atoms with van der Waals surface area (Å²) in [7, 11) is 1.77. The minimum absolute atomic E-state index is 0.363. The van der Waals surface area contributed by atoms with Crippen molar-refractivity contribution in [3.63, 3.8) is 0 Å². The van der Waals surface area contributed by atoms with Gasteiger partial charge in [0, 0.05) is 49.7 Å². The van der Waals surface area contributed by atoms with Crippen LogP contribution in [0.5, 0.6) is 5.75 Å². The summed E-state index contributed by atoms with van der Waals surface area (Å²) in [5, 5.41) is 3.82. The third-order valence-corrected chi connectivity index (χ3v) is 5.93. The SMILES string of the molecule is CNc1nc(-c2cccnc2)nc2c(OCC3CCOCC3)cc(-c3cc(F)cc(F)c3)cc12. The fourth-order valence-electron chi connectivity index (χ4n) is 4.13. The molecule has 1 aliphatic heterocycles. The van der Waals surface area contributed by atoms with E-state index in [0.717, 1.165) is 24.5 Å². The zero-order valence-corrected chi connectivity index (χ0v) is 18.7. The van der Waals surface area contributed by atoms with Gasteiger partial charge in [-0.1, -0.05) is 0 Å². The summed E-state index contributed by atoms with van der Waals surface area (Å²) in [4.78, 5) is 13.6. The second-order valence-electron chi connectivity index (χ2n) is 8.28. The Labute approximate surface area is 196 Å². The van der Waals surface area contributed by atoms with Crippen molar-refractivity contribution in [2.24, 2.45) is 5.92 Å². The summed E-state index contributed by atoms with van der Waals surface area (Å²) in [6.45, 7) is 1.93. The van der Waals surface area contributed by atoms with Crippen LogP contribution in [0.15, 0.2) is 54.9 Å². The lowest BCUT2D eigenvalue weighted by Crippen LogP contribution is -2.21. The van der Waals surface area contributed by atoms with Gasteiger partial charge in [-0.05, 0) is 66.3 Å². The van der Waals surface area contributed by atoms with Crippen LogP contribution >= 0.6 is 0 Å². The van der Waals surface area contributed by atoms with Crippen LogP contribution in [-0.2, 0) is 4.74 Å². The number of hydrogen-bond acceptors (Lipinski definition) is 6. The first kappa shape index (κ1) is 22.2. The Morgan fingerprint density at radius 3 is 2.47 bits per heavy atom. The van der Waals surface area contributed by atoms with Crippen molar-refractivity contribution in [1.29, 1.82) is 0 Å². The number of nitrogens with zero attached hydrogens (tertiary/aromatic N) is 3. The number of rotatable bonds is 6. The molecule has 0 spiro atoms. The maximum Gasteiger partial charge on any atom is 0.163 e. The van der Waals surface area contributed by atoms with Gasteiger partial charge < -0.3 is 14.8 Å². The van der Waals surface area contributed by atoms with Crippen molar-refractivity contribution in [2.45, 2.75) is 12.8 Å². The largest absolute Gasteiger partial charge is 0.491 e. The molecule has 34 heavy (non-hydrogen) atoms. The quantitative estimate of drug-likeness (QED) is 0.409. The molecule has 2 aromatic heterocycles. The lowest BCUT2D eigenvalue weighted by molar-refractivity contribution is 0.0500. The highest BCUT2D eigenvalue weighted by Gasteiger charge is 2.19. The van der Waals surface area contributed by atoms with Gasteiger partial charge in [0.2, 0.25) is 0 Å².